The lowest BCUT2D eigenvalue weighted by atomic mass is 10.1. The van der Waals surface area contributed by atoms with Crippen molar-refractivity contribution in [1.82, 2.24) is 20.2 Å². The van der Waals surface area contributed by atoms with E-state index in [1.807, 2.05) is 30.5 Å². The Balaban J connectivity index is 1.35. The van der Waals surface area contributed by atoms with Gasteiger partial charge in [0, 0.05) is 55.6 Å². The van der Waals surface area contributed by atoms with E-state index in [4.69, 9.17) is 14.5 Å². The van der Waals surface area contributed by atoms with Crippen molar-refractivity contribution in [3.05, 3.63) is 101 Å². The zero-order valence-electron chi connectivity index (χ0n) is 20.5. The van der Waals surface area contributed by atoms with Crippen LogP contribution >= 0.6 is 0 Å². The number of hydrogen-bond donors (Lipinski definition) is 1. The average molecular weight is 487 g/mol. The van der Waals surface area contributed by atoms with Gasteiger partial charge in [0.05, 0.1) is 18.7 Å². The molecule has 186 valence electrons. The van der Waals surface area contributed by atoms with Gasteiger partial charge in [-0.2, -0.15) is 0 Å². The molecule has 36 heavy (non-hydrogen) atoms. The van der Waals surface area contributed by atoms with Gasteiger partial charge in [0.2, 0.25) is 5.88 Å². The van der Waals surface area contributed by atoms with Gasteiger partial charge in [0.25, 0.3) is 0 Å². The standard InChI is InChI=1S/C29H31FN4O2/c1-21-7-8-27-24(14-21)16-25(29(33-27)36-20-22-4-2-6-26(30)15-22)18-32-19-28(23-5-3-9-31-17-23)34-10-12-35-13-11-34/h2-9,14-17,28,32H,10-13,18-20H2,1H3/t28-/m1/s1. The maximum atomic E-state index is 13.7. The Morgan fingerprint density at radius 1 is 1.08 bits per heavy atom. The number of aryl methyl sites for hydroxylation is 1. The summed E-state index contributed by atoms with van der Waals surface area (Å²) >= 11 is 0. The van der Waals surface area contributed by atoms with E-state index in [1.54, 1.807) is 12.3 Å². The molecular formula is C29H31FN4O2. The highest BCUT2D eigenvalue weighted by Gasteiger charge is 2.23. The Labute approximate surface area is 211 Å². The minimum atomic E-state index is -0.274. The van der Waals surface area contributed by atoms with Crippen molar-refractivity contribution >= 4 is 10.9 Å². The molecule has 0 saturated carbocycles. The first-order valence-electron chi connectivity index (χ1n) is 12.4. The first-order chi connectivity index (χ1) is 17.7. The first-order valence-corrected chi connectivity index (χ1v) is 12.4. The highest BCUT2D eigenvalue weighted by Crippen LogP contribution is 2.25. The predicted octanol–water partition coefficient (Wildman–Crippen LogP) is 4.82. The summed E-state index contributed by atoms with van der Waals surface area (Å²) in [5.41, 5.74) is 4.97. The number of pyridine rings is 2. The van der Waals surface area contributed by atoms with E-state index in [1.165, 1.54) is 23.3 Å². The molecule has 1 saturated heterocycles. The van der Waals surface area contributed by atoms with Gasteiger partial charge < -0.3 is 14.8 Å². The number of nitrogens with zero attached hydrogens (tertiary/aromatic N) is 3. The molecule has 3 heterocycles. The second-order valence-corrected chi connectivity index (χ2v) is 9.15. The second kappa shape index (κ2) is 11.6. The minimum absolute atomic E-state index is 0.190. The van der Waals surface area contributed by atoms with Crippen molar-refractivity contribution < 1.29 is 13.9 Å². The van der Waals surface area contributed by atoms with Crippen molar-refractivity contribution in [3.63, 3.8) is 0 Å². The number of ether oxygens (including phenoxy) is 2. The summed E-state index contributed by atoms with van der Waals surface area (Å²) in [6.07, 6.45) is 3.74. The van der Waals surface area contributed by atoms with E-state index in [-0.39, 0.29) is 18.5 Å². The summed E-state index contributed by atoms with van der Waals surface area (Å²) in [6.45, 7) is 6.93. The number of aromatic nitrogens is 2. The summed E-state index contributed by atoms with van der Waals surface area (Å²) in [6, 6.07) is 19.1. The number of morpholine rings is 1. The van der Waals surface area contributed by atoms with E-state index in [2.05, 4.69) is 40.3 Å². The Morgan fingerprint density at radius 2 is 1.97 bits per heavy atom. The number of halogens is 1. The van der Waals surface area contributed by atoms with Crippen LogP contribution < -0.4 is 10.1 Å². The molecule has 1 atom stereocenters. The molecule has 1 aliphatic heterocycles. The van der Waals surface area contributed by atoms with E-state index in [9.17, 15) is 4.39 Å². The number of nitrogens with one attached hydrogen (secondary N) is 1. The van der Waals surface area contributed by atoms with Gasteiger partial charge in [-0.3, -0.25) is 9.88 Å². The summed E-state index contributed by atoms with van der Waals surface area (Å²) < 4.78 is 25.3. The van der Waals surface area contributed by atoms with Crippen molar-refractivity contribution in [1.29, 1.82) is 0 Å². The number of benzene rings is 2. The largest absolute Gasteiger partial charge is 0.473 e. The molecule has 5 rings (SSSR count). The molecule has 1 N–H and O–H groups in total. The fraction of sp³-hybridized carbons (Fsp3) is 0.310. The summed E-state index contributed by atoms with van der Waals surface area (Å²) in [5, 5.41) is 4.71. The normalized spacial score (nSPS) is 15.2. The molecule has 0 unspecified atom stereocenters. The molecule has 6 nitrogen and oxygen atoms in total. The van der Waals surface area contributed by atoms with Crippen LogP contribution in [0.3, 0.4) is 0 Å². The molecule has 1 fully saturated rings. The molecular weight excluding hydrogens is 455 g/mol. The lowest BCUT2D eigenvalue weighted by Crippen LogP contribution is -2.42. The maximum Gasteiger partial charge on any atom is 0.218 e. The van der Waals surface area contributed by atoms with Crippen LogP contribution in [0.25, 0.3) is 10.9 Å². The van der Waals surface area contributed by atoms with Crippen LogP contribution in [-0.4, -0.2) is 47.7 Å². The Hall–Kier alpha value is -3.39. The molecule has 1 aliphatic rings. The number of fused-ring (bicyclic) bond motifs is 1. The third kappa shape index (κ3) is 6.05. The van der Waals surface area contributed by atoms with Gasteiger partial charge in [0.15, 0.2) is 0 Å². The monoisotopic (exact) mass is 486 g/mol. The van der Waals surface area contributed by atoms with E-state index >= 15 is 0 Å². The molecule has 0 spiro atoms. The van der Waals surface area contributed by atoms with Crippen LogP contribution in [-0.2, 0) is 17.9 Å². The lowest BCUT2D eigenvalue weighted by Gasteiger charge is -2.34. The minimum Gasteiger partial charge on any atom is -0.473 e. The highest BCUT2D eigenvalue weighted by molar-refractivity contribution is 5.80. The van der Waals surface area contributed by atoms with E-state index in [0.717, 1.165) is 54.9 Å². The van der Waals surface area contributed by atoms with Gasteiger partial charge >= 0.3 is 0 Å². The van der Waals surface area contributed by atoms with Crippen molar-refractivity contribution in [2.75, 3.05) is 32.8 Å². The van der Waals surface area contributed by atoms with Crippen LogP contribution in [0.15, 0.2) is 73.1 Å². The van der Waals surface area contributed by atoms with Gasteiger partial charge in [-0.05, 0) is 54.4 Å². The van der Waals surface area contributed by atoms with Crippen LogP contribution in [0.2, 0.25) is 0 Å². The van der Waals surface area contributed by atoms with Gasteiger partial charge in [-0.15, -0.1) is 0 Å². The third-order valence-corrected chi connectivity index (χ3v) is 6.48. The van der Waals surface area contributed by atoms with Crippen LogP contribution in [0, 0.1) is 12.7 Å². The molecule has 0 bridgehead atoms. The summed E-state index contributed by atoms with van der Waals surface area (Å²) in [7, 11) is 0. The number of rotatable bonds is 9. The predicted molar refractivity (Wildman–Crippen MR) is 138 cm³/mol. The van der Waals surface area contributed by atoms with Gasteiger partial charge in [-0.1, -0.05) is 29.8 Å². The summed E-state index contributed by atoms with van der Waals surface area (Å²) in [5.74, 6) is 0.289. The zero-order valence-corrected chi connectivity index (χ0v) is 20.5. The lowest BCUT2D eigenvalue weighted by molar-refractivity contribution is 0.0160. The van der Waals surface area contributed by atoms with Gasteiger partial charge in [0.1, 0.15) is 12.4 Å². The van der Waals surface area contributed by atoms with Crippen LogP contribution in [0.5, 0.6) is 5.88 Å². The molecule has 2 aromatic heterocycles. The van der Waals surface area contributed by atoms with E-state index in [0.29, 0.717) is 12.4 Å². The topological polar surface area (TPSA) is 59.5 Å². The smallest absolute Gasteiger partial charge is 0.218 e. The Kier molecular flexibility index (Phi) is 7.81. The molecule has 4 aromatic rings. The Morgan fingerprint density at radius 3 is 2.78 bits per heavy atom. The zero-order chi connectivity index (χ0) is 24.7. The SMILES string of the molecule is Cc1ccc2nc(OCc3cccc(F)c3)c(CNC[C@H](c3cccnc3)N3CCOCC3)cc2c1. The Bertz CT molecular complexity index is 1300. The molecule has 0 aliphatic carbocycles. The van der Waals surface area contributed by atoms with E-state index < -0.39 is 0 Å². The summed E-state index contributed by atoms with van der Waals surface area (Å²) in [4.78, 5) is 11.6. The maximum absolute atomic E-state index is 13.7. The molecule has 0 radical (unpaired) electrons. The fourth-order valence-electron chi connectivity index (χ4n) is 4.62. The average Bonchev–Trinajstić information content (AvgIpc) is 2.91. The van der Waals surface area contributed by atoms with Crippen molar-refractivity contribution in [3.8, 4) is 5.88 Å². The molecule has 7 heteroatoms. The quantitative estimate of drug-likeness (QED) is 0.366. The number of hydrogen-bond acceptors (Lipinski definition) is 6. The van der Waals surface area contributed by atoms with Crippen molar-refractivity contribution in [2.45, 2.75) is 26.1 Å². The third-order valence-electron chi connectivity index (χ3n) is 6.48. The first kappa shape index (κ1) is 24.3. The molecule has 0 amide bonds. The fourth-order valence-corrected chi connectivity index (χ4v) is 4.62. The van der Waals surface area contributed by atoms with Crippen LogP contribution in [0.4, 0.5) is 4.39 Å². The van der Waals surface area contributed by atoms with Crippen LogP contribution in [0.1, 0.15) is 28.3 Å². The second-order valence-electron chi connectivity index (χ2n) is 9.15. The van der Waals surface area contributed by atoms with Crippen molar-refractivity contribution in [2.24, 2.45) is 0 Å². The molecule has 2 aromatic carbocycles. The van der Waals surface area contributed by atoms with Gasteiger partial charge in [-0.25, -0.2) is 9.37 Å². The highest BCUT2D eigenvalue weighted by atomic mass is 19.1.